The third-order valence-corrected chi connectivity index (χ3v) is 4.38. The number of hydrogen-bond donors (Lipinski definition) is 2. The number of benzene rings is 1. The molecule has 5 heteroatoms. The van der Waals surface area contributed by atoms with Gasteiger partial charge in [-0.3, -0.25) is 4.79 Å². The minimum Gasteiger partial charge on any atom is -0.481 e. The van der Waals surface area contributed by atoms with Gasteiger partial charge in [0.05, 0.1) is 0 Å². The van der Waals surface area contributed by atoms with E-state index >= 15 is 0 Å². The van der Waals surface area contributed by atoms with E-state index in [1.807, 2.05) is 13.8 Å². The Balaban J connectivity index is 1.93. The summed E-state index contributed by atoms with van der Waals surface area (Å²) in [6.45, 7) is 3.96. The van der Waals surface area contributed by atoms with Crippen LogP contribution in [0.2, 0.25) is 0 Å². The van der Waals surface area contributed by atoms with Crippen LogP contribution in [0.15, 0.2) is 12.1 Å². The molecule has 2 rings (SSSR count). The molecule has 0 bridgehead atoms. The molecule has 0 aliphatic heterocycles. The van der Waals surface area contributed by atoms with Crippen LogP contribution in [-0.2, 0) is 4.79 Å². The second-order valence-electron chi connectivity index (χ2n) is 6.32. The summed E-state index contributed by atoms with van der Waals surface area (Å²) in [5.41, 5.74) is 2.13. The number of aliphatic carboxylic acids is 1. The Labute approximate surface area is 137 Å². The van der Waals surface area contributed by atoms with Crippen molar-refractivity contribution < 1.29 is 19.4 Å². The summed E-state index contributed by atoms with van der Waals surface area (Å²) in [5.74, 6) is 0.192. The molecule has 1 saturated carbocycles. The smallest absolute Gasteiger partial charge is 0.341 e. The monoisotopic (exact) mass is 319 g/mol. The Morgan fingerprint density at radius 2 is 1.83 bits per heavy atom. The molecular formula is C18H25NO4. The molecule has 1 aromatic rings. The van der Waals surface area contributed by atoms with Gasteiger partial charge >= 0.3 is 5.97 Å². The highest BCUT2D eigenvalue weighted by Gasteiger charge is 2.16. The number of carbonyl (C=O) groups excluding carboxylic acids is 1. The first-order valence-corrected chi connectivity index (χ1v) is 8.21. The zero-order valence-corrected chi connectivity index (χ0v) is 13.9. The molecule has 0 aromatic heterocycles. The number of carboxylic acid groups (broad SMARTS) is 1. The molecule has 0 heterocycles. The van der Waals surface area contributed by atoms with Crippen molar-refractivity contribution >= 4 is 11.9 Å². The van der Waals surface area contributed by atoms with Crippen molar-refractivity contribution in [3.8, 4) is 5.75 Å². The van der Waals surface area contributed by atoms with Crippen LogP contribution in [0.5, 0.6) is 5.75 Å². The second kappa shape index (κ2) is 7.99. The van der Waals surface area contributed by atoms with Gasteiger partial charge in [0.1, 0.15) is 5.75 Å². The van der Waals surface area contributed by atoms with Crippen molar-refractivity contribution in [2.24, 2.45) is 5.92 Å². The number of carboxylic acids is 1. The van der Waals surface area contributed by atoms with Gasteiger partial charge in [0.15, 0.2) is 6.61 Å². The first-order chi connectivity index (χ1) is 11.0. The van der Waals surface area contributed by atoms with E-state index in [4.69, 9.17) is 9.84 Å². The summed E-state index contributed by atoms with van der Waals surface area (Å²) >= 11 is 0. The van der Waals surface area contributed by atoms with Gasteiger partial charge in [0.25, 0.3) is 5.91 Å². The number of amides is 1. The average molecular weight is 319 g/mol. The SMILES string of the molecule is Cc1cc(C(=O)NCCC2CCCC2)cc(C)c1OCC(=O)O. The third kappa shape index (κ3) is 4.98. The third-order valence-electron chi connectivity index (χ3n) is 4.38. The fourth-order valence-electron chi connectivity index (χ4n) is 3.23. The minimum atomic E-state index is -1.02. The van der Waals surface area contributed by atoms with Gasteiger partial charge in [-0.05, 0) is 49.4 Å². The maximum absolute atomic E-state index is 12.3. The van der Waals surface area contributed by atoms with E-state index in [2.05, 4.69) is 5.32 Å². The summed E-state index contributed by atoms with van der Waals surface area (Å²) < 4.78 is 5.28. The molecule has 23 heavy (non-hydrogen) atoms. The van der Waals surface area contributed by atoms with E-state index in [-0.39, 0.29) is 12.5 Å². The molecule has 5 nitrogen and oxygen atoms in total. The minimum absolute atomic E-state index is 0.0843. The van der Waals surface area contributed by atoms with Gasteiger partial charge in [-0.2, -0.15) is 0 Å². The number of hydrogen-bond acceptors (Lipinski definition) is 3. The highest BCUT2D eigenvalue weighted by Crippen LogP contribution is 2.27. The molecule has 1 fully saturated rings. The maximum atomic E-state index is 12.3. The topological polar surface area (TPSA) is 75.6 Å². The largest absolute Gasteiger partial charge is 0.481 e. The number of rotatable bonds is 7. The van der Waals surface area contributed by atoms with E-state index in [9.17, 15) is 9.59 Å². The first-order valence-electron chi connectivity index (χ1n) is 8.21. The van der Waals surface area contributed by atoms with Crippen molar-refractivity contribution in [2.45, 2.75) is 46.0 Å². The van der Waals surface area contributed by atoms with Crippen molar-refractivity contribution in [3.05, 3.63) is 28.8 Å². The van der Waals surface area contributed by atoms with Crippen LogP contribution in [0.4, 0.5) is 0 Å². The predicted octanol–water partition coefficient (Wildman–Crippen LogP) is 3.08. The van der Waals surface area contributed by atoms with E-state index in [0.717, 1.165) is 23.5 Å². The number of ether oxygens (including phenoxy) is 1. The number of nitrogens with one attached hydrogen (secondary N) is 1. The molecule has 1 amide bonds. The lowest BCUT2D eigenvalue weighted by molar-refractivity contribution is -0.139. The van der Waals surface area contributed by atoms with Crippen LogP contribution >= 0.6 is 0 Å². The fourth-order valence-corrected chi connectivity index (χ4v) is 3.23. The molecule has 1 aliphatic carbocycles. The average Bonchev–Trinajstić information content (AvgIpc) is 2.99. The highest BCUT2D eigenvalue weighted by atomic mass is 16.5. The Morgan fingerprint density at radius 3 is 2.39 bits per heavy atom. The summed E-state index contributed by atoms with van der Waals surface area (Å²) in [6, 6.07) is 3.49. The van der Waals surface area contributed by atoms with Crippen LogP contribution < -0.4 is 10.1 Å². The Morgan fingerprint density at radius 1 is 1.22 bits per heavy atom. The van der Waals surface area contributed by atoms with Gasteiger partial charge in [-0.15, -0.1) is 0 Å². The molecule has 0 unspecified atom stereocenters. The lowest BCUT2D eigenvalue weighted by Crippen LogP contribution is -2.26. The predicted molar refractivity (Wildman–Crippen MR) is 88.0 cm³/mol. The fraction of sp³-hybridized carbons (Fsp3) is 0.556. The molecule has 0 saturated heterocycles. The van der Waals surface area contributed by atoms with E-state index in [0.29, 0.717) is 17.9 Å². The molecule has 0 radical (unpaired) electrons. The zero-order chi connectivity index (χ0) is 16.8. The van der Waals surface area contributed by atoms with Crippen LogP contribution in [0.25, 0.3) is 0 Å². The summed E-state index contributed by atoms with van der Waals surface area (Å²) in [7, 11) is 0. The standard InChI is InChI=1S/C18H25NO4/c1-12-9-15(10-13(2)17(12)23-11-16(20)21)18(22)19-8-7-14-5-3-4-6-14/h9-10,14H,3-8,11H2,1-2H3,(H,19,22)(H,20,21). The molecule has 1 aliphatic rings. The lowest BCUT2D eigenvalue weighted by atomic mass is 10.0. The zero-order valence-electron chi connectivity index (χ0n) is 13.9. The summed E-state index contributed by atoms with van der Waals surface area (Å²) in [5, 5.41) is 11.7. The molecular weight excluding hydrogens is 294 g/mol. The van der Waals surface area contributed by atoms with Gasteiger partial charge in [0.2, 0.25) is 0 Å². The highest BCUT2D eigenvalue weighted by molar-refractivity contribution is 5.94. The Bertz CT molecular complexity index is 553. The second-order valence-corrected chi connectivity index (χ2v) is 6.32. The van der Waals surface area contributed by atoms with Crippen molar-refractivity contribution in [1.29, 1.82) is 0 Å². The molecule has 0 spiro atoms. The van der Waals surface area contributed by atoms with Crippen molar-refractivity contribution in [2.75, 3.05) is 13.2 Å². The number of aryl methyl sites for hydroxylation is 2. The van der Waals surface area contributed by atoms with Gasteiger partial charge in [-0.25, -0.2) is 4.79 Å². The maximum Gasteiger partial charge on any atom is 0.341 e. The van der Waals surface area contributed by atoms with E-state index < -0.39 is 5.97 Å². The van der Waals surface area contributed by atoms with Crippen LogP contribution in [0, 0.1) is 19.8 Å². The molecule has 0 atom stereocenters. The van der Waals surface area contributed by atoms with Gasteiger partial charge in [-0.1, -0.05) is 25.7 Å². The molecule has 1 aromatic carbocycles. The van der Waals surface area contributed by atoms with Crippen molar-refractivity contribution in [1.82, 2.24) is 5.32 Å². The first kappa shape index (κ1) is 17.3. The van der Waals surface area contributed by atoms with Crippen LogP contribution in [0.1, 0.15) is 53.6 Å². The lowest BCUT2D eigenvalue weighted by Gasteiger charge is -2.14. The Kier molecular flexibility index (Phi) is 6.02. The van der Waals surface area contributed by atoms with Crippen LogP contribution in [0.3, 0.4) is 0 Å². The summed E-state index contributed by atoms with van der Waals surface area (Å²) in [6.07, 6.45) is 6.24. The van der Waals surface area contributed by atoms with Crippen LogP contribution in [-0.4, -0.2) is 30.1 Å². The summed E-state index contributed by atoms with van der Waals surface area (Å²) in [4.78, 5) is 22.9. The number of carbonyl (C=O) groups is 2. The molecule has 126 valence electrons. The van der Waals surface area contributed by atoms with E-state index in [1.165, 1.54) is 25.7 Å². The van der Waals surface area contributed by atoms with Gasteiger partial charge in [0, 0.05) is 12.1 Å². The normalized spacial score (nSPS) is 14.7. The van der Waals surface area contributed by atoms with Crippen molar-refractivity contribution in [3.63, 3.8) is 0 Å². The van der Waals surface area contributed by atoms with E-state index in [1.54, 1.807) is 12.1 Å². The van der Waals surface area contributed by atoms with Gasteiger partial charge < -0.3 is 15.2 Å². The molecule has 2 N–H and O–H groups in total. The Hall–Kier alpha value is -2.04. The quantitative estimate of drug-likeness (QED) is 0.810.